The Bertz CT molecular complexity index is 2700. The van der Waals surface area contributed by atoms with Gasteiger partial charge in [0.1, 0.15) is 30.5 Å². The molecule has 17 heteroatoms. The van der Waals surface area contributed by atoms with Crippen LogP contribution >= 0.6 is 15.9 Å². The number of esters is 2. The summed E-state index contributed by atoms with van der Waals surface area (Å²) in [6, 6.07) is 0. The predicted octanol–water partition coefficient (Wildman–Crippen LogP) is 19.7. The van der Waals surface area contributed by atoms with Crippen LogP contribution in [0.2, 0.25) is 54.4 Å². The third-order valence-corrected chi connectivity index (χ3v) is 38.6. The molecule has 97 heavy (non-hydrogen) atoms. The summed E-state index contributed by atoms with van der Waals surface area (Å²) in [5, 5.41) is 30.6. The summed E-state index contributed by atoms with van der Waals surface area (Å²) in [6.45, 7) is 65.0. The molecule has 7 fully saturated rings. The van der Waals surface area contributed by atoms with Crippen molar-refractivity contribution in [3.63, 3.8) is 0 Å². The van der Waals surface area contributed by atoms with E-state index in [0.717, 1.165) is 55.9 Å². The molecule has 2 saturated heterocycles. The van der Waals surface area contributed by atoms with Gasteiger partial charge in [-0.1, -0.05) is 169 Å². The van der Waals surface area contributed by atoms with E-state index in [4.69, 9.17) is 43.8 Å². The number of ether oxygens (including phenoxy) is 4. The fraction of sp³-hybridized carbons (Fsp3) is 0.775. The number of cyclic esters (lactones) is 2. The Labute approximate surface area is 601 Å². The molecule has 0 amide bonds. The summed E-state index contributed by atoms with van der Waals surface area (Å²) in [5.74, 6) is 6.12. The lowest BCUT2D eigenvalue weighted by Gasteiger charge is -2.45. The van der Waals surface area contributed by atoms with Crippen molar-refractivity contribution in [2.45, 2.75) is 323 Å². The lowest BCUT2D eigenvalue weighted by molar-refractivity contribution is -0.140. The number of carbonyl (C=O) groups is 2. The minimum absolute atomic E-state index is 0. The first-order chi connectivity index (χ1) is 44.5. The lowest BCUT2D eigenvalue weighted by atomic mass is 9.60. The average molecular weight is 1480 g/mol. The van der Waals surface area contributed by atoms with E-state index in [9.17, 15) is 19.8 Å². The molecule has 0 aromatic rings. The van der Waals surface area contributed by atoms with Crippen LogP contribution in [0, 0.1) is 58.7 Å². The van der Waals surface area contributed by atoms with Gasteiger partial charge in [0.05, 0.1) is 18.3 Å². The highest BCUT2D eigenvalue weighted by Gasteiger charge is 2.53. The lowest BCUT2D eigenvalue weighted by Crippen LogP contribution is -2.53. The summed E-state index contributed by atoms with van der Waals surface area (Å²) in [6.07, 6.45) is 26.5. The Morgan fingerprint density at radius 1 is 0.701 bits per heavy atom. The standard InChI is InChI=1S/C30H44O6.C29H60O4Si3.C19H27BrO2.C2H6.FH/c1-18(15-23-16-19(2)29(34)36-23)24-10-11-25-21(7-5-12-30(24,25)4)8-9-22-17-26(32)28(27(33)20(22)3)35-14-6-13-31;1-18-21-25(33-36(16,17)29(9,10)11)26(24(19-2)32-35(14,15)28(6,7)8)30-22-20-23-31-34(12,13)27(3,4)5;1-12(9-15-10-13(2)18(21)22-15)16-6-7-17-14(11-20)5-4-8-19(16,17)3;1-2;/h8-9,18,23-28,31-33H,2-3,5-7,10-17H2,1,4H3;1,19,24-26H,2,20-23H2,3-17H3;11-12,15-17H,2,4-10H2,1,3H3;1-2H3;1H/b21-8+,22-9-;;14-11+;;/t18-,23-,24-,25+,26-,27-,28+,30-;24-,25-,26-;12-,15-,16-,17+,19-;;/m111../s1. The van der Waals surface area contributed by atoms with Crippen molar-refractivity contribution in [1.82, 2.24) is 0 Å². The van der Waals surface area contributed by atoms with Gasteiger partial charge in [0.2, 0.25) is 0 Å². The molecule has 3 N–H and O–H groups in total. The molecule has 0 aromatic carbocycles. The Kier molecular flexibility index (Phi) is 34.5. The van der Waals surface area contributed by atoms with Gasteiger partial charge in [0.15, 0.2) is 25.0 Å². The van der Waals surface area contributed by atoms with Crippen molar-refractivity contribution in [3.8, 4) is 12.3 Å². The number of hydrogen-bond donors (Lipinski definition) is 3. The Morgan fingerprint density at radius 3 is 1.61 bits per heavy atom. The van der Waals surface area contributed by atoms with E-state index >= 15 is 0 Å². The summed E-state index contributed by atoms with van der Waals surface area (Å²) in [4.78, 5) is 25.5. The first-order valence-corrected chi connectivity index (χ1v) is 46.6. The van der Waals surface area contributed by atoms with E-state index in [1.54, 1.807) is 5.57 Å². The van der Waals surface area contributed by atoms with Crippen LogP contribution in [-0.2, 0) is 41.8 Å². The highest BCUT2D eigenvalue weighted by Crippen LogP contribution is 2.62. The van der Waals surface area contributed by atoms with E-state index < -0.39 is 43.3 Å². The van der Waals surface area contributed by atoms with Crippen LogP contribution in [-0.4, -0.2) is 127 Å². The maximum Gasteiger partial charge on any atom is 0.333 e. The number of aliphatic hydroxyl groups excluding tert-OH is 3. The van der Waals surface area contributed by atoms with Gasteiger partial charge in [0, 0.05) is 63.3 Å². The topological polar surface area (TPSA) is 159 Å². The average Bonchev–Trinajstić information content (AvgIpc) is 1.63. The van der Waals surface area contributed by atoms with Gasteiger partial charge < -0.3 is 47.5 Å². The SMILES string of the molecule is C#CC[C@@H](O[Si](C)(C)C(C)(C)C)[C@H](OCCCO[Si](C)(C)C(C)(C)C)[C@@H](C=C)O[Si](C)(C)C(C)(C)C.C=C1C[C@@H](C[C@@H](C)[C@H]2CC[C@H]3/C(=C/Br)CCC[C@]23C)OC1=O.C=C1C[C@@H](C[C@@H](C)[C@H]2CC[C@H]3/C(=C/C=C4/C[C@@H](O)[C@H](OCCCO)[C@H](O)C4=C)CCC[C@]23C)OC1=O.CC.F. The van der Waals surface area contributed by atoms with Crippen molar-refractivity contribution < 1.29 is 61.8 Å². The summed E-state index contributed by atoms with van der Waals surface area (Å²) < 4.78 is 43.3. The molecule has 556 valence electrons. The molecule has 0 unspecified atom stereocenters. The molecule has 0 bridgehead atoms. The number of allylic oxidation sites excluding steroid dienone is 4. The van der Waals surface area contributed by atoms with E-state index in [-0.39, 0.29) is 74.3 Å². The number of carbonyl (C=O) groups excluding carboxylic acids is 2. The summed E-state index contributed by atoms with van der Waals surface area (Å²) in [7, 11) is -5.97. The van der Waals surface area contributed by atoms with Crippen LogP contribution in [0.5, 0.6) is 0 Å². The van der Waals surface area contributed by atoms with Gasteiger partial charge in [-0.05, 0) is 207 Å². The van der Waals surface area contributed by atoms with Gasteiger partial charge in [-0.25, -0.2) is 9.59 Å². The van der Waals surface area contributed by atoms with E-state index in [2.05, 4.69) is 195 Å². The normalized spacial score (nSPS) is 30.6. The molecule has 2 aliphatic heterocycles. The molecule has 2 heterocycles. The Balaban J connectivity index is 0.000000382. The van der Waals surface area contributed by atoms with Crippen molar-refractivity contribution in [2.75, 3.05) is 26.4 Å². The Hall–Kier alpha value is -2.58. The van der Waals surface area contributed by atoms with Crippen molar-refractivity contribution in [3.05, 3.63) is 83.0 Å². The smallest absolute Gasteiger partial charge is 0.333 e. The van der Waals surface area contributed by atoms with Gasteiger partial charge in [-0.2, -0.15) is 0 Å². The highest BCUT2D eigenvalue weighted by atomic mass is 79.9. The van der Waals surface area contributed by atoms with Crippen molar-refractivity contribution in [1.29, 1.82) is 0 Å². The molecule has 0 spiro atoms. The second-order valence-corrected chi connectivity index (χ2v) is 49.0. The third-order valence-electron chi connectivity index (χ3n) is 24.5. The molecule has 7 aliphatic rings. The van der Waals surface area contributed by atoms with Crippen molar-refractivity contribution >= 4 is 52.8 Å². The van der Waals surface area contributed by atoms with E-state index in [1.165, 1.54) is 56.9 Å². The number of rotatable bonds is 25. The zero-order valence-electron chi connectivity index (χ0n) is 64.7. The third kappa shape index (κ3) is 23.0. The fourth-order valence-corrected chi connectivity index (χ4v) is 20.1. The summed E-state index contributed by atoms with van der Waals surface area (Å²) >= 11 is 3.58. The second-order valence-electron chi connectivity index (χ2n) is 34.3. The predicted molar refractivity (Wildman–Crippen MR) is 411 cm³/mol. The van der Waals surface area contributed by atoms with E-state index in [1.807, 2.05) is 19.9 Å². The number of halogens is 2. The first kappa shape index (κ1) is 88.6. The van der Waals surface area contributed by atoms with E-state index in [0.29, 0.717) is 91.3 Å². The fourth-order valence-electron chi connectivity index (χ4n) is 15.9. The molecule has 5 saturated carbocycles. The zero-order valence-corrected chi connectivity index (χ0v) is 69.2. The Morgan fingerprint density at radius 2 is 1.18 bits per heavy atom. The largest absolute Gasteiger partial charge is 0.459 e. The molecular weight excluding hydrogens is 1340 g/mol. The number of aliphatic hydroxyl groups is 3. The number of terminal acetylenes is 1. The molecule has 0 aromatic heterocycles. The first-order valence-electron chi connectivity index (χ1n) is 37.0. The van der Waals surface area contributed by atoms with Crippen LogP contribution in [0.25, 0.3) is 0 Å². The molecule has 16 atom stereocenters. The highest BCUT2D eigenvalue weighted by molar-refractivity contribution is 9.11. The van der Waals surface area contributed by atoms with Gasteiger partial charge in [-0.3, -0.25) is 4.70 Å². The summed E-state index contributed by atoms with van der Waals surface area (Å²) in [5.41, 5.74) is 6.47. The monoisotopic (exact) mass is 1470 g/mol. The van der Waals surface area contributed by atoms with Crippen molar-refractivity contribution in [2.24, 2.45) is 46.3 Å². The van der Waals surface area contributed by atoms with Gasteiger partial charge in [0.25, 0.3) is 0 Å². The minimum Gasteiger partial charge on any atom is -0.459 e. The van der Waals surface area contributed by atoms with Crippen LogP contribution in [0.3, 0.4) is 0 Å². The number of hydrogen-bond acceptors (Lipinski definition) is 12. The molecule has 5 aliphatic carbocycles. The molecule has 7 rings (SSSR count). The molecule has 12 nitrogen and oxygen atoms in total. The van der Waals surface area contributed by atoms with Gasteiger partial charge in [-0.15, -0.1) is 18.9 Å². The second kappa shape index (κ2) is 37.7. The van der Waals surface area contributed by atoms with Crippen LogP contribution in [0.4, 0.5) is 4.70 Å². The quantitative estimate of drug-likeness (QED) is 0.0199. The zero-order chi connectivity index (χ0) is 72.7. The van der Waals surface area contributed by atoms with Crippen LogP contribution in [0.1, 0.15) is 219 Å². The molecule has 0 radical (unpaired) electrons. The van der Waals surface area contributed by atoms with Gasteiger partial charge >= 0.3 is 11.9 Å². The maximum atomic E-state index is 11.8. The maximum absolute atomic E-state index is 11.8. The molecular formula is C80H138BrFO12Si3. The van der Waals surface area contributed by atoms with Crippen LogP contribution in [0.15, 0.2) is 83.0 Å². The minimum atomic E-state index is -2.10. The van der Waals surface area contributed by atoms with Crippen LogP contribution < -0.4 is 0 Å². The number of fused-ring (bicyclic) bond motifs is 2.